The molecule has 2 atom stereocenters. The zero-order chi connectivity index (χ0) is 17.8. The topological polar surface area (TPSA) is 57.7 Å². The third kappa shape index (κ3) is 2.69. The van der Waals surface area contributed by atoms with Crippen LogP contribution in [-0.2, 0) is 9.84 Å². The predicted molar refractivity (Wildman–Crippen MR) is 99.2 cm³/mol. The molecule has 2 amide bonds. The lowest BCUT2D eigenvalue weighted by molar-refractivity contribution is 0.255. The van der Waals surface area contributed by atoms with E-state index < -0.39 is 15.9 Å². The molecule has 0 unspecified atom stereocenters. The molecule has 130 valence electrons. The van der Waals surface area contributed by atoms with Gasteiger partial charge in [0.25, 0.3) is 0 Å². The number of benzene rings is 2. The maximum absolute atomic E-state index is 13.1. The highest BCUT2D eigenvalue weighted by molar-refractivity contribution is 7.91. The van der Waals surface area contributed by atoms with Gasteiger partial charge in [-0.05, 0) is 36.8 Å². The largest absolute Gasteiger partial charge is 0.329 e. The molecule has 7 heteroatoms. The molecule has 0 aromatic heterocycles. The highest BCUT2D eigenvalue weighted by Crippen LogP contribution is 2.38. The van der Waals surface area contributed by atoms with Crippen molar-refractivity contribution in [3.8, 4) is 0 Å². The third-order valence-corrected chi connectivity index (χ3v) is 6.94. The van der Waals surface area contributed by atoms with Gasteiger partial charge in [-0.2, -0.15) is 0 Å². The van der Waals surface area contributed by atoms with E-state index in [0.29, 0.717) is 16.4 Å². The van der Waals surface area contributed by atoms with Crippen molar-refractivity contribution in [2.24, 2.45) is 0 Å². The Morgan fingerprint density at radius 2 is 1.56 bits per heavy atom. The van der Waals surface area contributed by atoms with Crippen LogP contribution in [0.1, 0.15) is 5.56 Å². The first-order valence-corrected chi connectivity index (χ1v) is 10.2. The Labute approximate surface area is 151 Å². The summed E-state index contributed by atoms with van der Waals surface area (Å²) in [5.41, 5.74) is 2.25. The highest BCUT2D eigenvalue weighted by atomic mass is 35.5. The van der Waals surface area contributed by atoms with Crippen molar-refractivity contribution in [3.63, 3.8) is 0 Å². The molecule has 5 nitrogen and oxygen atoms in total. The zero-order valence-electron chi connectivity index (χ0n) is 13.6. The van der Waals surface area contributed by atoms with Crippen LogP contribution in [0.4, 0.5) is 16.2 Å². The number of carbonyl (C=O) groups excluding carboxylic acids is 1. The van der Waals surface area contributed by atoms with Crippen LogP contribution in [0.5, 0.6) is 0 Å². The van der Waals surface area contributed by atoms with E-state index in [1.165, 1.54) is 0 Å². The van der Waals surface area contributed by atoms with Gasteiger partial charge in [0.15, 0.2) is 9.84 Å². The zero-order valence-corrected chi connectivity index (χ0v) is 15.2. The van der Waals surface area contributed by atoms with Crippen molar-refractivity contribution < 1.29 is 13.2 Å². The number of nitrogens with zero attached hydrogens (tertiary/aromatic N) is 2. The summed E-state index contributed by atoms with van der Waals surface area (Å²) in [4.78, 5) is 16.3. The van der Waals surface area contributed by atoms with E-state index in [1.807, 2.05) is 49.4 Å². The predicted octanol–water partition coefficient (Wildman–Crippen LogP) is 3.26. The quantitative estimate of drug-likeness (QED) is 0.756. The normalized spacial score (nSPS) is 24.6. The van der Waals surface area contributed by atoms with Crippen molar-refractivity contribution in [2.75, 3.05) is 21.3 Å². The average Bonchev–Trinajstić information content (AvgIpc) is 3.00. The summed E-state index contributed by atoms with van der Waals surface area (Å²) in [5.74, 6) is -0.0490. The second-order valence-corrected chi connectivity index (χ2v) is 9.06. The molecule has 0 saturated carbocycles. The summed E-state index contributed by atoms with van der Waals surface area (Å²) in [6.45, 7) is 1.89. The average molecular weight is 377 g/mol. The molecule has 2 heterocycles. The van der Waals surface area contributed by atoms with Gasteiger partial charge in [-0.15, -0.1) is 0 Å². The minimum absolute atomic E-state index is 0.0194. The lowest BCUT2D eigenvalue weighted by atomic mass is 10.1. The van der Waals surface area contributed by atoms with E-state index in [9.17, 15) is 13.2 Å². The fourth-order valence-electron chi connectivity index (χ4n) is 3.63. The van der Waals surface area contributed by atoms with Crippen LogP contribution in [-0.4, -0.2) is 38.0 Å². The molecular formula is C18H17ClN2O3S. The first kappa shape index (κ1) is 16.4. The Bertz CT molecular complexity index is 946. The summed E-state index contributed by atoms with van der Waals surface area (Å²) >= 11 is 6.22. The monoisotopic (exact) mass is 376 g/mol. The van der Waals surface area contributed by atoms with Gasteiger partial charge in [-0.25, -0.2) is 13.2 Å². The number of amides is 2. The molecule has 0 radical (unpaired) electrons. The molecule has 2 aliphatic heterocycles. The molecule has 2 aliphatic rings. The van der Waals surface area contributed by atoms with E-state index in [2.05, 4.69) is 0 Å². The van der Waals surface area contributed by atoms with Gasteiger partial charge in [0.1, 0.15) is 0 Å². The number of carbonyl (C=O) groups is 1. The first-order chi connectivity index (χ1) is 11.9. The van der Waals surface area contributed by atoms with Gasteiger partial charge in [0.2, 0.25) is 0 Å². The minimum atomic E-state index is -3.20. The van der Waals surface area contributed by atoms with Gasteiger partial charge in [-0.1, -0.05) is 35.9 Å². The van der Waals surface area contributed by atoms with Gasteiger partial charge in [0.05, 0.1) is 23.6 Å². The standard InChI is InChI=1S/C18H17ClN2O3S/c1-12-7-8-14(9-15(12)19)21-17-11-25(23,24)10-16(17)20(18(21)22)13-5-3-2-4-6-13/h2-9,16-17H,10-11H2,1H3/t16-,17-/m1/s1. The molecule has 2 aromatic carbocycles. The van der Waals surface area contributed by atoms with E-state index in [4.69, 9.17) is 11.6 Å². The summed E-state index contributed by atoms with van der Waals surface area (Å²) in [5, 5.41) is 0.556. The van der Waals surface area contributed by atoms with E-state index >= 15 is 0 Å². The number of halogens is 1. The van der Waals surface area contributed by atoms with Crippen molar-refractivity contribution in [3.05, 3.63) is 59.1 Å². The lowest BCUT2D eigenvalue weighted by Gasteiger charge is -2.23. The Morgan fingerprint density at radius 3 is 2.16 bits per heavy atom. The SMILES string of the molecule is Cc1ccc(N2C(=O)N(c3ccccc3)[C@@H]3CS(=O)(=O)C[C@H]32)cc1Cl. The van der Waals surface area contributed by atoms with Crippen LogP contribution >= 0.6 is 11.6 Å². The number of hydrogen-bond donors (Lipinski definition) is 0. The molecule has 25 heavy (non-hydrogen) atoms. The van der Waals surface area contributed by atoms with Crippen molar-refractivity contribution >= 4 is 38.8 Å². The molecule has 0 bridgehead atoms. The maximum Gasteiger partial charge on any atom is 0.329 e. The summed E-state index contributed by atoms with van der Waals surface area (Å²) in [6, 6.07) is 13.6. The van der Waals surface area contributed by atoms with Crippen molar-refractivity contribution in [1.82, 2.24) is 0 Å². The third-order valence-electron chi connectivity index (χ3n) is 4.84. The molecule has 4 rings (SSSR count). The van der Waals surface area contributed by atoms with Crippen LogP contribution < -0.4 is 9.80 Å². The molecule has 0 aliphatic carbocycles. The van der Waals surface area contributed by atoms with E-state index in [-0.39, 0.29) is 23.6 Å². The van der Waals surface area contributed by atoms with E-state index in [1.54, 1.807) is 15.9 Å². The summed E-state index contributed by atoms with van der Waals surface area (Å²) in [7, 11) is -3.20. The van der Waals surface area contributed by atoms with Crippen LogP contribution in [0.15, 0.2) is 48.5 Å². The Kier molecular flexibility index (Phi) is 3.77. The van der Waals surface area contributed by atoms with Crippen LogP contribution in [0, 0.1) is 6.92 Å². The number of fused-ring (bicyclic) bond motifs is 1. The minimum Gasteiger partial charge on any atom is -0.288 e. The number of anilines is 2. The van der Waals surface area contributed by atoms with Crippen LogP contribution in [0.2, 0.25) is 5.02 Å². The number of rotatable bonds is 2. The molecule has 0 N–H and O–H groups in total. The molecule has 2 saturated heterocycles. The summed E-state index contributed by atoms with van der Waals surface area (Å²) in [6.07, 6.45) is 0. The van der Waals surface area contributed by atoms with Gasteiger partial charge >= 0.3 is 6.03 Å². The van der Waals surface area contributed by atoms with Gasteiger partial charge in [-0.3, -0.25) is 9.80 Å². The first-order valence-electron chi connectivity index (χ1n) is 8.01. The number of sulfone groups is 1. The second-order valence-electron chi connectivity index (χ2n) is 6.50. The Hall–Kier alpha value is -2.05. The Morgan fingerprint density at radius 1 is 0.960 bits per heavy atom. The summed E-state index contributed by atoms with van der Waals surface area (Å²) < 4.78 is 24.5. The number of para-hydroxylation sites is 1. The van der Waals surface area contributed by atoms with Crippen molar-refractivity contribution in [1.29, 1.82) is 0 Å². The number of urea groups is 1. The highest BCUT2D eigenvalue weighted by Gasteiger charge is 2.54. The molecule has 2 fully saturated rings. The molecule has 0 spiro atoms. The number of hydrogen-bond acceptors (Lipinski definition) is 3. The fraction of sp³-hybridized carbons (Fsp3) is 0.278. The maximum atomic E-state index is 13.1. The van der Waals surface area contributed by atoms with Crippen LogP contribution in [0.3, 0.4) is 0 Å². The Balaban J connectivity index is 1.82. The van der Waals surface area contributed by atoms with Gasteiger partial charge < -0.3 is 0 Å². The van der Waals surface area contributed by atoms with Crippen molar-refractivity contribution in [2.45, 2.75) is 19.0 Å². The van der Waals surface area contributed by atoms with Crippen LogP contribution in [0.25, 0.3) is 0 Å². The van der Waals surface area contributed by atoms with Gasteiger partial charge in [0, 0.05) is 16.4 Å². The van der Waals surface area contributed by atoms with E-state index in [0.717, 1.165) is 5.56 Å². The lowest BCUT2D eigenvalue weighted by Crippen LogP contribution is -2.37. The fourth-order valence-corrected chi connectivity index (χ4v) is 5.72. The number of aryl methyl sites for hydroxylation is 1. The molecule has 2 aromatic rings. The second kappa shape index (κ2) is 5.75. The smallest absolute Gasteiger partial charge is 0.288 e. The molecular weight excluding hydrogens is 360 g/mol.